The maximum absolute atomic E-state index is 11.7. The van der Waals surface area contributed by atoms with E-state index in [1.807, 2.05) is 55.6 Å². The second-order valence-corrected chi connectivity index (χ2v) is 6.90. The first-order chi connectivity index (χ1) is 12.7. The summed E-state index contributed by atoms with van der Waals surface area (Å²) in [5.74, 6) is 0.629. The van der Waals surface area contributed by atoms with Crippen LogP contribution in [0.1, 0.15) is 12.5 Å². The van der Waals surface area contributed by atoms with E-state index in [0.29, 0.717) is 13.0 Å². The van der Waals surface area contributed by atoms with Gasteiger partial charge in [0.15, 0.2) is 4.96 Å². The number of esters is 1. The topological polar surface area (TPSA) is 52.8 Å². The quantitative estimate of drug-likeness (QED) is 0.493. The number of ether oxygens (including phenoxy) is 2. The Kier molecular flexibility index (Phi) is 4.34. The molecule has 0 saturated carbocycles. The zero-order chi connectivity index (χ0) is 18.1. The number of benzene rings is 2. The fourth-order valence-corrected chi connectivity index (χ4v) is 4.01. The molecule has 0 aliphatic heterocycles. The standard InChI is InChI=1S/C20H18N2O3S/c1-3-25-19(23)11-13-4-9-17-18(10-13)26-20-21-16(12-22(17)20)14-5-7-15(24-2)8-6-14/h4-10,12H,3,11H2,1-2H3. The van der Waals surface area contributed by atoms with E-state index in [-0.39, 0.29) is 5.97 Å². The van der Waals surface area contributed by atoms with Crippen LogP contribution in [0.25, 0.3) is 26.4 Å². The van der Waals surface area contributed by atoms with Gasteiger partial charge < -0.3 is 9.47 Å². The third kappa shape index (κ3) is 3.04. The molecule has 0 amide bonds. The van der Waals surface area contributed by atoms with Crippen LogP contribution in [0, 0.1) is 0 Å². The van der Waals surface area contributed by atoms with Crippen molar-refractivity contribution in [2.75, 3.05) is 13.7 Å². The number of methoxy groups -OCH3 is 1. The molecule has 0 spiro atoms. The lowest BCUT2D eigenvalue weighted by Gasteiger charge is -2.02. The number of hydrogen-bond donors (Lipinski definition) is 0. The normalized spacial score (nSPS) is 11.2. The van der Waals surface area contributed by atoms with Gasteiger partial charge in [-0.2, -0.15) is 0 Å². The second-order valence-electron chi connectivity index (χ2n) is 5.89. The molecule has 0 unspecified atom stereocenters. The predicted octanol–water partition coefficient (Wildman–Crippen LogP) is 4.33. The van der Waals surface area contributed by atoms with E-state index in [1.54, 1.807) is 18.4 Å². The Balaban J connectivity index is 1.67. The first kappa shape index (κ1) is 16.6. The molecule has 0 saturated heterocycles. The van der Waals surface area contributed by atoms with Gasteiger partial charge in [-0.25, -0.2) is 4.98 Å². The summed E-state index contributed by atoms with van der Waals surface area (Å²) in [4.78, 5) is 17.3. The summed E-state index contributed by atoms with van der Waals surface area (Å²) >= 11 is 1.61. The fourth-order valence-electron chi connectivity index (χ4n) is 2.94. The van der Waals surface area contributed by atoms with Crippen molar-refractivity contribution in [1.29, 1.82) is 0 Å². The highest BCUT2D eigenvalue weighted by molar-refractivity contribution is 7.23. The van der Waals surface area contributed by atoms with Crippen LogP contribution in [0.2, 0.25) is 0 Å². The number of nitrogens with zero attached hydrogens (tertiary/aromatic N) is 2. The van der Waals surface area contributed by atoms with E-state index >= 15 is 0 Å². The molecule has 4 aromatic rings. The minimum Gasteiger partial charge on any atom is -0.497 e. The summed E-state index contributed by atoms with van der Waals surface area (Å²) in [5.41, 5.74) is 4.02. The molecular weight excluding hydrogens is 348 g/mol. The summed E-state index contributed by atoms with van der Waals surface area (Å²) in [6.45, 7) is 2.22. The molecule has 0 bridgehead atoms. The first-order valence-corrected chi connectivity index (χ1v) is 9.20. The van der Waals surface area contributed by atoms with Crippen LogP contribution in [0.3, 0.4) is 0 Å². The molecule has 0 radical (unpaired) electrons. The average Bonchev–Trinajstić information content (AvgIpc) is 3.19. The molecule has 0 atom stereocenters. The number of carbonyl (C=O) groups is 1. The molecule has 5 nitrogen and oxygen atoms in total. The van der Waals surface area contributed by atoms with Crippen molar-refractivity contribution < 1.29 is 14.3 Å². The Hall–Kier alpha value is -2.86. The molecule has 2 aromatic heterocycles. The third-order valence-corrected chi connectivity index (χ3v) is 5.22. The molecule has 0 aliphatic carbocycles. The van der Waals surface area contributed by atoms with Crippen molar-refractivity contribution in [2.45, 2.75) is 13.3 Å². The van der Waals surface area contributed by atoms with Crippen LogP contribution < -0.4 is 4.74 Å². The van der Waals surface area contributed by atoms with Crippen LogP contribution in [0.5, 0.6) is 5.75 Å². The van der Waals surface area contributed by atoms with E-state index in [2.05, 4.69) is 4.40 Å². The predicted molar refractivity (Wildman–Crippen MR) is 103 cm³/mol. The Morgan fingerprint density at radius 3 is 2.73 bits per heavy atom. The maximum atomic E-state index is 11.7. The van der Waals surface area contributed by atoms with Gasteiger partial charge in [-0.3, -0.25) is 9.20 Å². The van der Waals surface area contributed by atoms with Crippen LogP contribution in [-0.4, -0.2) is 29.1 Å². The number of aromatic nitrogens is 2. The fraction of sp³-hybridized carbons (Fsp3) is 0.200. The van der Waals surface area contributed by atoms with Crippen molar-refractivity contribution in [1.82, 2.24) is 9.38 Å². The van der Waals surface area contributed by atoms with Gasteiger partial charge in [-0.15, -0.1) is 0 Å². The van der Waals surface area contributed by atoms with Crippen molar-refractivity contribution in [2.24, 2.45) is 0 Å². The zero-order valence-electron chi connectivity index (χ0n) is 14.6. The van der Waals surface area contributed by atoms with Gasteiger partial charge in [-0.1, -0.05) is 17.4 Å². The van der Waals surface area contributed by atoms with Gasteiger partial charge in [0, 0.05) is 11.8 Å². The average molecular weight is 366 g/mol. The van der Waals surface area contributed by atoms with E-state index in [0.717, 1.165) is 37.7 Å². The molecule has 2 heterocycles. The first-order valence-electron chi connectivity index (χ1n) is 8.38. The molecule has 0 N–H and O–H groups in total. The molecule has 0 fully saturated rings. The summed E-state index contributed by atoms with van der Waals surface area (Å²) in [6.07, 6.45) is 2.34. The molecule has 4 rings (SSSR count). The Morgan fingerprint density at radius 2 is 2.00 bits per heavy atom. The number of carbonyl (C=O) groups excluding carboxylic acids is 1. The van der Waals surface area contributed by atoms with Crippen molar-refractivity contribution in [3.05, 3.63) is 54.2 Å². The maximum Gasteiger partial charge on any atom is 0.310 e. The number of fused-ring (bicyclic) bond motifs is 3. The zero-order valence-corrected chi connectivity index (χ0v) is 15.4. The minimum absolute atomic E-state index is 0.199. The smallest absolute Gasteiger partial charge is 0.310 e. The number of imidazole rings is 1. The van der Waals surface area contributed by atoms with E-state index in [4.69, 9.17) is 14.5 Å². The van der Waals surface area contributed by atoms with Crippen LogP contribution >= 0.6 is 11.3 Å². The number of hydrogen-bond acceptors (Lipinski definition) is 5. The highest BCUT2D eigenvalue weighted by atomic mass is 32.1. The lowest BCUT2D eigenvalue weighted by Crippen LogP contribution is -2.07. The van der Waals surface area contributed by atoms with Crippen LogP contribution in [0.15, 0.2) is 48.7 Å². The van der Waals surface area contributed by atoms with E-state index in [1.165, 1.54) is 0 Å². The lowest BCUT2D eigenvalue weighted by molar-refractivity contribution is -0.142. The highest BCUT2D eigenvalue weighted by Gasteiger charge is 2.12. The van der Waals surface area contributed by atoms with Crippen LogP contribution in [0.4, 0.5) is 0 Å². The summed E-state index contributed by atoms with van der Waals surface area (Å²) < 4.78 is 13.4. The van der Waals surface area contributed by atoms with Crippen molar-refractivity contribution in [3.8, 4) is 17.0 Å². The molecular formula is C20H18N2O3S. The SMILES string of the molecule is CCOC(=O)Cc1ccc2c(c1)sc1nc(-c3ccc(OC)cc3)cn12. The van der Waals surface area contributed by atoms with Gasteiger partial charge in [0.2, 0.25) is 0 Å². The van der Waals surface area contributed by atoms with Gasteiger partial charge >= 0.3 is 5.97 Å². The molecule has 2 aromatic carbocycles. The molecule has 0 aliphatic rings. The Morgan fingerprint density at radius 1 is 1.19 bits per heavy atom. The van der Waals surface area contributed by atoms with Gasteiger partial charge in [0.05, 0.1) is 36.0 Å². The van der Waals surface area contributed by atoms with E-state index < -0.39 is 0 Å². The largest absolute Gasteiger partial charge is 0.497 e. The second kappa shape index (κ2) is 6.80. The molecule has 6 heteroatoms. The number of rotatable bonds is 5. The highest BCUT2D eigenvalue weighted by Crippen LogP contribution is 2.30. The van der Waals surface area contributed by atoms with Gasteiger partial charge in [-0.05, 0) is 48.9 Å². The summed E-state index contributed by atoms with van der Waals surface area (Å²) in [7, 11) is 1.66. The van der Waals surface area contributed by atoms with Crippen molar-refractivity contribution >= 4 is 32.5 Å². The minimum atomic E-state index is -0.199. The Labute approximate surface area is 154 Å². The summed E-state index contributed by atoms with van der Waals surface area (Å²) in [5, 5.41) is 0. The third-order valence-electron chi connectivity index (χ3n) is 4.20. The molecule has 132 valence electrons. The number of thiazole rings is 1. The Bertz CT molecular complexity index is 1080. The lowest BCUT2D eigenvalue weighted by atomic mass is 10.1. The summed E-state index contributed by atoms with van der Waals surface area (Å²) in [6, 6.07) is 13.9. The van der Waals surface area contributed by atoms with Gasteiger partial charge in [0.1, 0.15) is 5.75 Å². The van der Waals surface area contributed by atoms with E-state index in [9.17, 15) is 4.79 Å². The van der Waals surface area contributed by atoms with Crippen LogP contribution in [-0.2, 0) is 16.0 Å². The monoisotopic (exact) mass is 366 g/mol. The van der Waals surface area contributed by atoms with Gasteiger partial charge in [0.25, 0.3) is 0 Å². The van der Waals surface area contributed by atoms with Crippen molar-refractivity contribution in [3.63, 3.8) is 0 Å². The molecule has 26 heavy (non-hydrogen) atoms.